The third-order valence-corrected chi connectivity index (χ3v) is 9.29. The van der Waals surface area contributed by atoms with Crippen LogP contribution in [0, 0.1) is 6.92 Å². The molecule has 0 bridgehead atoms. The van der Waals surface area contributed by atoms with Gasteiger partial charge in [-0.25, -0.2) is 0 Å². The number of fused-ring (bicyclic) bond motifs is 9. The molecule has 0 heterocycles. The molecule has 8 aromatic carbocycles. The van der Waals surface area contributed by atoms with Crippen LogP contribution in [0.4, 0.5) is 0 Å². The van der Waals surface area contributed by atoms with Crippen LogP contribution < -0.4 is 0 Å². The average molecular weight is 827 g/mol. The SMILES string of the molecule is CC.CC.CC.CC.CC.CC.CC.Cc1ccccc1.c1ccc2c(c1)CCc1ccccc1-2.c1ccc2c(c1)Cc1ccccc1-2.c1ccc2c(c1)ccc1ccccc12. The quantitative estimate of drug-likeness (QED) is 0.134. The van der Waals surface area contributed by atoms with Crippen LogP contribution in [0.3, 0.4) is 0 Å². The first-order valence-electron chi connectivity index (χ1n) is 23.9. The van der Waals surface area contributed by atoms with Crippen molar-refractivity contribution in [2.24, 2.45) is 0 Å². The zero-order valence-corrected chi connectivity index (χ0v) is 41.5. The molecule has 0 saturated carbocycles. The molecule has 0 spiro atoms. The maximum atomic E-state index is 2.24. The lowest BCUT2D eigenvalue weighted by Crippen LogP contribution is -2.02. The Morgan fingerprint density at radius 3 is 0.823 bits per heavy atom. The van der Waals surface area contributed by atoms with Gasteiger partial charge in [0.25, 0.3) is 0 Å². The summed E-state index contributed by atoms with van der Waals surface area (Å²) in [5.74, 6) is 0. The predicted octanol–water partition coefficient (Wildman–Crippen LogP) is 19.9. The van der Waals surface area contributed by atoms with Crippen molar-refractivity contribution in [1.29, 1.82) is 0 Å². The highest BCUT2D eigenvalue weighted by atomic mass is 14.2. The summed E-state index contributed by atoms with van der Waals surface area (Å²) in [5, 5.41) is 5.30. The first-order chi connectivity index (χ1) is 30.7. The number of rotatable bonds is 0. The van der Waals surface area contributed by atoms with Crippen LogP contribution >= 0.6 is 0 Å². The van der Waals surface area contributed by atoms with E-state index >= 15 is 0 Å². The second-order valence-corrected chi connectivity index (χ2v) is 12.5. The lowest BCUT2D eigenvalue weighted by atomic mass is 9.86. The van der Waals surface area contributed by atoms with Gasteiger partial charge < -0.3 is 0 Å². The molecular weight excluding hydrogens is 745 g/mol. The summed E-state index contributed by atoms with van der Waals surface area (Å²) < 4.78 is 0. The van der Waals surface area contributed by atoms with Gasteiger partial charge in [-0.2, -0.15) is 0 Å². The minimum absolute atomic E-state index is 1.10. The van der Waals surface area contributed by atoms with Gasteiger partial charge >= 0.3 is 0 Å². The molecule has 0 aromatic heterocycles. The summed E-state index contributed by atoms with van der Waals surface area (Å²) in [6, 6.07) is 66.4. The lowest BCUT2D eigenvalue weighted by Gasteiger charge is -2.19. The van der Waals surface area contributed by atoms with Gasteiger partial charge in [-0.15, -0.1) is 0 Å². The van der Waals surface area contributed by atoms with Gasteiger partial charge in [0.15, 0.2) is 0 Å². The third kappa shape index (κ3) is 17.3. The Morgan fingerprint density at radius 1 is 0.242 bits per heavy atom. The maximum Gasteiger partial charge on any atom is -0.00135 e. The Balaban J connectivity index is 0.000000742. The molecule has 10 rings (SSSR count). The van der Waals surface area contributed by atoms with Gasteiger partial charge in [-0.3, -0.25) is 0 Å². The highest BCUT2D eigenvalue weighted by molar-refractivity contribution is 6.07. The Kier molecular flexibility index (Phi) is 32.7. The predicted molar refractivity (Wildman–Crippen MR) is 286 cm³/mol. The zero-order chi connectivity index (χ0) is 46.5. The van der Waals surface area contributed by atoms with E-state index in [2.05, 4.69) is 177 Å². The first-order valence-corrected chi connectivity index (χ1v) is 23.9. The molecule has 0 aliphatic heterocycles. The van der Waals surface area contributed by atoms with Crippen LogP contribution in [-0.2, 0) is 19.3 Å². The average Bonchev–Trinajstić information content (AvgIpc) is 3.78. The Morgan fingerprint density at radius 2 is 0.500 bits per heavy atom. The van der Waals surface area contributed by atoms with Crippen LogP contribution in [0.2, 0.25) is 0 Å². The van der Waals surface area contributed by atoms with Crippen molar-refractivity contribution in [3.63, 3.8) is 0 Å². The smallest absolute Gasteiger partial charge is 0.00135 e. The topological polar surface area (TPSA) is 0 Å². The van der Waals surface area contributed by atoms with E-state index in [-0.39, 0.29) is 0 Å². The first kappa shape index (κ1) is 56.3. The summed E-state index contributed by atoms with van der Waals surface area (Å²) >= 11 is 0. The Labute approximate surface area is 381 Å². The van der Waals surface area contributed by atoms with E-state index in [1.54, 1.807) is 0 Å². The number of aryl methyl sites for hydroxylation is 3. The Bertz CT molecular complexity index is 2130. The molecule has 8 aromatic rings. The van der Waals surface area contributed by atoms with E-state index in [4.69, 9.17) is 0 Å². The summed E-state index contributed by atoms with van der Waals surface area (Å²) in [4.78, 5) is 0. The van der Waals surface area contributed by atoms with Gasteiger partial charge in [-0.05, 0) is 92.2 Å². The van der Waals surface area contributed by atoms with E-state index in [9.17, 15) is 0 Å². The van der Waals surface area contributed by atoms with Crippen molar-refractivity contribution in [3.05, 3.63) is 216 Å². The molecule has 0 amide bonds. The van der Waals surface area contributed by atoms with Crippen molar-refractivity contribution in [2.45, 2.75) is 123 Å². The van der Waals surface area contributed by atoms with E-state index in [1.165, 1.54) is 84.5 Å². The summed E-state index contributed by atoms with van der Waals surface area (Å²) in [7, 11) is 0. The van der Waals surface area contributed by atoms with Crippen molar-refractivity contribution in [1.82, 2.24) is 0 Å². The fraction of sp³-hybridized carbons (Fsp3) is 0.290. The number of benzene rings is 8. The molecule has 0 atom stereocenters. The second kappa shape index (κ2) is 36.0. The molecule has 0 nitrogen and oxygen atoms in total. The lowest BCUT2D eigenvalue weighted by molar-refractivity contribution is 0.942. The fourth-order valence-electron chi connectivity index (χ4n) is 6.84. The molecular formula is C62H82. The molecule has 2 aliphatic rings. The summed E-state index contributed by atoms with van der Waals surface area (Å²) in [5.41, 5.74) is 12.9. The molecule has 62 heavy (non-hydrogen) atoms. The van der Waals surface area contributed by atoms with Gasteiger partial charge in [-0.1, -0.05) is 291 Å². The zero-order valence-electron chi connectivity index (χ0n) is 41.5. The van der Waals surface area contributed by atoms with Gasteiger partial charge in [0.05, 0.1) is 0 Å². The molecule has 0 saturated heterocycles. The van der Waals surface area contributed by atoms with E-state index in [1.807, 2.05) is 115 Å². The van der Waals surface area contributed by atoms with Crippen LogP contribution in [0.1, 0.15) is 125 Å². The van der Waals surface area contributed by atoms with Gasteiger partial charge in [0.2, 0.25) is 0 Å². The monoisotopic (exact) mass is 827 g/mol. The highest BCUT2D eigenvalue weighted by Crippen LogP contribution is 2.36. The standard InChI is InChI=1S/C14H12.C14H10.C13H10.C7H8.7C2H6/c2*1-3-7-13-11(5-1)9-10-12-6-2-4-8-14(12)13;1-3-7-12-10(5-1)9-11-6-2-4-8-13(11)12;1-7-5-3-2-4-6-7;7*1-2/h1-8H,9-10H2;1-10H;1-8H,9H2;2-6H,1H3;7*1-2H3. The fourth-order valence-corrected chi connectivity index (χ4v) is 6.84. The molecule has 0 N–H and O–H groups in total. The Hall–Kier alpha value is -5.72. The molecule has 0 radical (unpaired) electrons. The van der Waals surface area contributed by atoms with Crippen LogP contribution in [-0.4, -0.2) is 0 Å². The third-order valence-electron chi connectivity index (χ3n) is 9.29. The highest BCUT2D eigenvalue weighted by Gasteiger charge is 2.16. The summed E-state index contributed by atoms with van der Waals surface area (Å²) in [6.07, 6.45) is 3.48. The van der Waals surface area contributed by atoms with Crippen molar-refractivity contribution < 1.29 is 0 Å². The minimum Gasteiger partial charge on any atom is -0.0683 e. The van der Waals surface area contributed by atoms with Crippen LogP contribution in [0.25, 0.3) is 43.8 Å². The minimum atomic E-state index is 1.10. The van der Waals surface area contributed by atoms with E-state index in [0.717, 1.165) is 6.42 Å². The van der Waals surface area contributed by atoms with Crippen molar-refractivity contribution in [3.8, 4) is 22.3 Å². The van der Waals surface area contributed by atoms with Crippen LogP contribution in [0.15, 0.2) is 188 Å². The molecule has 0 unspecified atom stereocenters. The molecule has 0 heteroatoms. The van der Waals surface area contributed by atoms with Crippen molar-refractivity contribution in [2.75, 3.05) is 0 Å². The van der Waals surface area contributed by atoms with E-state index in [0.29, 0.717) is 0 Å². The number of hydrogen-bond acceptors (Lipinski definition) is 0. The normalized spacial score (nSPS) is 9.66. The van der Waals surface area contributed by atoms with Crippen LogP contribution in [0.5, 0.6) is 0 Å². The molecule has 0 fully saturated rings. The van der Waals surface area contributed by atoms with E-state index < -0.39 is 0 Å². The van der Waals surface area contributed by atoms with Gasteiger partial charge in [0, 0.05) is 0 Å². The van der Waals surface area contributed by atoms with Gasteiger partial charge in [0.1, 0.15) is 0 Å². The summed E-state index contributed by atoms with van der Waals surface area (Å²) in [6.45, 7) is 30.1. The van der Waals surface area contributed by atoms with Crippen molar-refractivity contribution >= 4 is 21.5 Å². The number of hydrogen-bond donors (Lipinski definition) is 0. The maximum absolute atomic E-state index is 2.24. The molecule has 330 valence electrons. The molecule has 2 aliphatic carbocycles. The second-order valence-electron chi connectivity index (χ2n) is 12.5. The largest absolute Gasteiger partial charge is 0.0683 e.